The van der Waals surface area contributed by atoms with Crippen molar-refractivity contribution >= 4 is 12.0 Å². The van der Waals surface area contributed by atoms with E-state index < -0.39 is 4.92 Å². The molecule has 92 valence electrons. The highest BCUT2D eigenvalue weighted by molar-refractivity contribution is 5.81. The highest BCUT2D eigenvalue weighted by Gasteiger charge is 2.13. The minimum absolute atomic E-state index is 0.0898. The minimum atomic E-state index is -0.501. The third-order valence-electron chi connectivity index (χ3n) is 2.74. The van der Waals surface area contributed by atoms with Gasteiger partial charge in [-0.05, 0) is 24.5 Å². The van der Waals surface area contributed by atoms with Gasteiger partial charge in [-0.25, -0.2) is 0 Å². The number of benzene rings is 1. The fraction of sp³-hybridized carbons (Fsp3) is 0.462. The second-order valence-corrected chi connectivity index (χ2v) is 4.08. The van der Waals surface area contributed by atoms with E-state index >= 15 is 0 Å². The average Bonchev–Trinajstić information content (AvgIpc) is 2.34. The molecule has 1 rings (SSSR count). The second-order valence-electron chi connectivity index (χ2n) is 4.08. The van der Waals surface area contributed by atoms with Crippen LogP contribution in [0, 0.1) is 10.1 Å². The van der Waals surface area contributed by atoms with E-state index in [1.807, 2.05) is 0 Å². The van der Waals surface area contributed by atoms with Crippen LogP contribution < -0.4 is 0 Å². The third-order valence-corrected chi connectivity index (χ3v) is 2.74. The van der Waals surface area contributed by atoms with E-state index in [9.17, 15) is 14.9 Å². The molecule has 0 spiro atoms. The van der Waals surface area contributed by atoms with Crippen molar-refractivity contribution < 1.29 is 9.72 Å². The summed E-state index contributed by atoms with van der Waals surface area (Å²) in [4.78, 5) is 20.9. The van der Waals surface area contributed by atoms with Gasteiger partial charge in [-0.3, -0.25) is 14.9 Å². The molecule has 0 radical (unpaired) electrons. The van der Waals surface area contributed by atoms with E-state index in [-0.39, 0.29) is 11.3 Å². The summed E-state index contributed by atoms with van der Waals surface area (Å²) in [5, 5.41) is 10.8. The zero-order valence-electron chi connectivity index (χ0n) is 10.0. The summed E-state index contributed by atoms with van der Waals surface area (Å²) in [5.41, 5.74) is 0.985. The first-order valence-electron chi connectivity index (χ1n) is 5.91. The monoisotopic (exact) mass is 235 g/mol. The number of unbranched alkanes of at least 4 members (excludes halogenated alkanes) is 3. The Morgan fingerprint density at radius 3 is 2.65 bits per heavy atom. The molecule has 0 heterocycles. The topological polar surface area (TPSA) is 60.2 Å². The van der Waals surface area contributed by atoms with Gasteiger partial charge in [0.1, 0.15) is 0 Å². The van der Waals surface area contributed by atoms with Crippen LogP contribution >= 0.6 is 0 Å². The summed E-state index contributed by atoms with van der Waals surface area (Å²) >= 11 is 0. The molecule has 0 amide bonds. The van der Waals surface area contributed by atoms with Crippen molar-refractivity contribution in [3.63, 3.8) is 0 Å². The van der Waals surface area contributed by atoms with Gasteiger partial charge in [0.15, 0.2) is 6.29 Å². The fourth-order valence-electron chi connectivity index (χ4n) is 1.76. The fourth-order valence-corrected chi connectivity index (χ4v) is 1.76. The predicted molar refractivity (Wildman–Crippen MR) is 66.3 cm³/mol. The molecule has 4 heteroatoms. The van der Waals surface area contributed by atoms with Crippen molar-refractivity contribution in [1.82, 2.24) is 0 Å². The summed E-state index contributed by atoms with van der Waals surface area (Å²) in [6.07, 6.45) is 5.89. The average molecular weight is 235 g/mol. The molecule has 0 saturated heterocycles. The van der Waals surface area contributed by atoms with Crippen molar-refractivity contribution in [2.75, 3.05) is 0 Å². The standard InChI is InChI=1S/C13H17NO3/c1-2-3-4-5-6-11-7-8-12(10-15)13(9-11)14(16)17/h7-10H,2-6H2,1H3. The number of rotatable bonds is 7. The summed E-state index contributed by atoms with van der Waals surface area (Å²) in [6.45, 7) is 2.14. The number of carbonyl (C=O) groups is 1. The largest absolute Gasteiger partial charge is 0.298 e. The molecule has 0 unspecified atom stereocenters. The zero-order valence-corrected chi connectivity index (χ0v) is 10.0. The lowest BCUT2D eigenvalue weighted by molar-refractivity contribution is -0.385. The van der Waals surface area contributed by atoms with E-state index in [1.165, 1.54) is 25.0 Å². The van der Waals surface area contributed by atoms with Gasteiger partial charge in [0.05, 0.1) is 10.5 Å². The molecule has 0 aliphatic rings. The van der Waals surface area contributed by atoms with Crippen LogP contribution in [0.15, 0.2) is 18.2 Å². The predicted octanol–water partition coefficient (Wildman–Crippen LogP) is 3.53. The molecule has 0 aliphatic heterocycles. The molecule has 1 aromatic rings. The number of carbonyl (C=O) groups excluding carboxylic acids is 1. The van der Waals surface area contributed by atoms with Crippen LogP contribution in [0.1, 0.15) is 48.5 Å². The van der Waals surface area contributed by atoms with E-state index in [1.54, 1.807) is 6.07 Å². The molecule has 0 saturated carbocycles. The van der Waals surface area contributed by atoms with Crippen molar-refractivity contribution in [3.05, 3.63) is 39.4 Å². The Balaban J connectivity index is 2.71. The maximum absolute atomic E-state index is 10.8. The Morgan fingerprint density at radius 2 is 2.06 bits per heavy atom. The number of hydrogen-bond donors (Lipinski definition) is 0. The lowest BCUT2D eigenvalue weighted by Gasteiger charge is -2.02. The molecule has 0 N–H and O–H groups in total. The molecule has 0 bridgehead atoms. The summed E-state index contributed by atoms with van der Waals surface area (Å²) < 4.78 is 0. The van der Waals surface area contributed by atoms with Gasteiger partial charge in [0.25, 0.3) is 5.69 Å². The van der Waals surface area contributed by atoms with Crippen LogP contribution in [0.2, 0.25) is 0 Å². The molecule has 17 heavy (non-hydrogen) atoms. The first-order valence-corrected chi connectivity index (χ1v) is 5.91. The van der Waals surface area contributed by atoms with E-state index in [0.717, 1.165) is 24.8 Å². The molecular weight excluding hydrogens is 218 g/mol. The molecule has 4 nitrogen and oxygen atoms in total. The van der Waals surface area contributed by atoms with Crippen LogP contribution in [-0.4, -0.2) is 11.2 Å². The van der Waals surface area contributed by atoms with Crippen LogP contribution in [0.5, 0.6) is 0 Å². The molecule has 1 aromatic carbocycles. The molecule has 0 aromatic heterocycles. The van der Waals surface area contributed by atoms with Gasteiger partial charge < -0.3 is 0 Å². The quantitative estimate of drug-likeness (QED) is 0.314. The SMILES string of the molecule is CCCCCCc1ccc(C=O)c([N+](=O)[O-])c1. The molecule has 0 aliphatic carbocycles. The Kier molecular flexibility index (Phi) is 5.33. The summed E-state index contributed by atoms with van der Waals surface area (Å²) in [6, 6.07) is 4.83. The first-order chi connectivity index (χ1) is 8.19. The van der Waals surface area contributed by atoms with Gasteiger partial charge in [-0.15, -0.1) is 0 Å². The summed E-state index contributed by atoms with van der Waals surface area (Å²) in [7, 11) is 0. The van der Waals surface area contributed by atoms with Gasteiger partial charge in [-0.1, -0.05) is 32.3 Å². The van der Waals surface area contributed by atoms with Crippen molar-refractivity contribution in [2.45, 2.75) is 39.0 Å². The zero-order chi connectivity index (χ0) is 12.7. The van der Waals surface area contributed by atoms with Crippen molar-refractivity contribution in [3.8, 4) is 0 Å². The number of aryl methyl sites for hydroxylation is 1. The van der Waals surface area contributed by atoms with Crippen LogP contribution in [-0.2, 0) is 6.42 Å². The van der Waals surface area contributed by atoms with Gasteiger partial charge in [0, 0.05) is 6.07 Å². The Bertz CT molecular complexity index is 402. The van der Waals surface area contributed by atoms with Crippen LogP contribution in [0.25, 0.3) is 0 Å². The van der Waals surface area contributed by atoms with Crippen molar-refractivity contribution in [2.24, 2.45) is 0 Å². The minimum Gasteiger partial charge on any atom is -0.298 e. The summed E-state index contributed by atoms with van der Waals surface area (Å²) in [5.74, 6) is 0. The Labute approximate surface area is 101 Å². The smallest absolute Gasteiger partial charge is 0.280 e. The number of nitro benzene ring substituents is 1. The molecule has 0 fully saturated rings. The van der Waals surface area contributed by atoms with Gasteiger partial charge in [-0.2, -0.15) is 0 Å². The third kappa shape index (κ3) is 3.98. The van der Waals surface area contributed by atoms with Crippen LogP contribution in [0.4, 0.5) is 5.69 Å². The van der Waals surface area contributed by atoms with Gasteiger partial charge >= 0.3 is 0 Å². The normalized spacial score (nSPS) is 10.2. The number of hydrogen-bond acceptors (Lipinski definition) is 3. The number of nitro groups is 1. The molecular formula is C13H17NO3. The highest BCUT2D eigenvalue weighted by atomic mass is 16.6. The van der Waals surface area contributed by atoms with E-state index in [4.69, 9.17) is 0 Å². The maximum Gasteiger partial charge on any atom is 0.280 e. The van der Waals surface area contributed by atoms with Gasteiger partial charge in [0.2, 0.25) is 0 Å². The first kappa shape index (κ1) is 13.4. The van der Waals surface area contributed by atoms with Crippen LogP contribution in [0.3, 0.4) is 0 Å². The highest BCUT2D eigenvalue weighted by Crippen LogP contribution is 2.20. The lowest BCUT2D eigenvalue weighted by atomic mass is 10.0. The lowest BCUT2D eigenvalue weighted by Crippen LogP contribution is -1.96. The van der Waals surface area contributed by atoms with E-state index in [0.29, 0.717) is 6.29 Å². The Morgan fingerprint density at radius 1 is 1.29 bits per heavy atom. The molecule has 0 atom stereocenters. The maximum atomic E-state index is 10.8. The second kappa shape index (κ2) is 6.78. The van der Waals surface area contributed by atoms with E-state index in [2.05, 4.69) is 6.92 Å². The Hall–Kier alpha value is -1.71. The van der Waals surface area contributed by atoms with Crippen molar-refractivity contribution in [1.29, 1.82) is 0 Å². The number of aldehydes is 1. The number of nitrogens with zero attached hydrogens (tertiary/aromatic N) is 1.